The van der Waals surface area contributed by atoms with Gasteiger partial charge in [-0.05, 0) is 25.1 Å². The van der Waals surface area contributed by atoms with Crippen LogP contribution in [0.15, 0.2) is 34.9 Å². The first-order chi connectivity index (χ1) is 9.90. The van der Waals surface area contributed by atoms with E-state index in [9.17, 15) is 23.7 Å². The zero-order valence-corrected chi connectivity index (χ0v) is 10.8. The number of rotatable bonds is 4. The van der Waals surface area contributed by atoms with Gasteiger partial charge in [0.1, 0.15) is 11.6 Å². The van der Waals surface area contributed by atoms with Crippen molar-refractivity contribution in [1.82, 2.24) is 5.32 Å². The summed E-state index contributed by atoms with van der Waals surface area (Å²) in [6, 6.07) is 3.53. The van der Waals surface area contributed by atoms with Crippen molar-refractivity contribution in [3.8, 4) is 0 Å². The Labute approximate surface area is 117 Å². The number of carbonyl (C=O) groups excluding carboxylic acids is 1. The molecule has 0 bridgehead atoms. The Balaban J connectivity index is 2.24. The summed E-state index contributed by atoms with van der Waals surface area (Å²) < 4.78 is 32.2. The number of nitrogens with one attached hydrogen (secondary N) is 1. The molecular weight excluding hydrogens is 286 g/mol. The van der Waals surface area contributed by atoms with Crippen LogP contribution in [0.25, 0.3) is 0 Å². The Hall–Kier alpha value is -2.77. The van der Waals surface area contributed by atoms with Gasteiger partial charge in [0.2, 0.25) is 5.82 Å². The Kier molecular flexibility index (Phi) is 3.97. The summed E-state index contributed by atoms with van der Waals surface area (Å²) in [5.41, 5.74) is -1.64. The van der Waals surface area contributed by atoms with Gasteiger partial charge in [-0.2, -0.15) is 4.39 Å². The number of hydrogen-bond acceptors (Lipinski definition) is 4. The van der Waals surface area contributed by atoms with E-state index >= 15 is 0 Å². The largest absolute Gasteiger partial charge is 0.467 e. The molecule has 1 N–H and O–H groups in total. The van der Waals surface area contributed by atoms with Crippen LogP contribution in [0, 0.1) is 21.7 Å². The van der Waals surface area contributed by atoms with Gasteiger partial charge in [0.05, 0.1) is 28.9 Å². The van der Waals surface area contributed by atoms with E-state index in [1.807, 2.05) is 0 Å². The summed E-state index contributed by atoms with van der Waals surface area (Å²) in [7, 11) is 0. The van der Waals surface area contributed by atoms with Crippen molar-refractivity contribution < 1.29 is 22.9 Å². The first-order valence-electron chi connectivity index (χ1n) is 5.88. The molecule has 2 aromatic rings. The number of halogens is 2. The number of amides is 1. The Morgan fingerprint density at radius 2 is 2.10 bits per heavy atom. The molecule has 0 aliphatic rings. The molecule has 1 aromatic carbocycles. The molecule has 1 unspecified atom stereocenters. The molecule has 0 fully saturated rings. The Bertz CT molecular complexity index is 686. The van der Waals surface area contributed by atoms with Gasteiger partial charge in [-0.3, -0.25) is 14.9 Å². The molecule has 1 amide bonds. The van der Waals surface area contributed by atoms with Crippen molar-refractivity contribution in [1.29, 1.82) is 0 Å². The number of nitro groups is 1. The SMILES string of the molecule is CC(NC(=O)c1cc(F)c([N+](=O)[O-])cc1F)c1ccco1. The molecule has 1 atom stereocenters. The van der Waals surface area contributed by atoms with Gasteiger partial charge in [0.25, 0.3) is 5.91 Å². The molecule has 0 radical (unpaired) electrons. The lowest BCUT2D eigenvalue weighted by atomic mass is 10.1. The molecule has 8 heteroatoms. The third-order valence-electron chi connectivity index (χ3n) is 2.80. The van der Waals surface area contributed by atoms with Crippen LogP contribution in [0.1, 0.15) is 29.1 Å². The van der Waals surface area contributed by atoms with E-state index < -0.39 is 39.8 Å². The average molecular weight is 296 g/mol. The second kappa shape index (κ2) is 5.70. The average Bonchev–Trinajstić information content (AvgIpc) is 2.94. The number of carbonyl (C=O) groups is 1. The van der Waals surface area contributed by atoms with E-state index in [-0.39, 0.29) is 0 Å². The first kappa shape index (κ1) is 14.6. The summed E-state index contributed by atoms with van der Waals surface area (Å²) in [6.45, 7) is 1.59. The second-order valence-corrected chi connectivity index (χ2v) is 4.25. The van der Waals surface area contributed by atoms with Gasteiger partial charge in [-0.1, -0.05) is 0 Å². The van der Waals surface area contributed by atoms with E-state index in [4.69, 9.17) is 4.42 Å². The fraction of sp³-hybridized carbons (Fsp3) is 0.154. The molecule has 0 saturated carbocycles. The van der Waals surface area contributed by atoms with Crippen LogP contribution < -0.4 is 5.32 Å². The lowest BCUT2D eigenvalue weighted by Gasteiger charge is -2.11. The van der Waals surface area contributed by atoms with Gasteiger partial charge in [-0.25, -0.2) is 4.39 Å². The Morgan fingerprint density at radius 1 is 1.38 bits per heavy atom. The maximum atomic E-state index is 13.7. The zero-order chi connectivity index (χ0) is 15.6. The third-order valence-corrected chi connectivity index (χ3v) is 2.80. The lowest BCUT2D eigenvalue weighted by molar-refractivity contribution is -0.387. The molecular formula is C13H10F2N2O4. The summed E-state index contributed by atoms with van der Waals surface area (Å²) in [4.78, 5) is 21.3. The van der Waals surface area contributed by atoms with Crippen molar-refractivity contribution >= 4 is 11.6 Å². The normalized spacial score (nSPS) is 12.0. The number of furan rings is 1. The molecule has 0 aliphatic heterocycles. The number of nitrogens with zero attached hydrogens (tertiary/aromatic N) is 1. The standard InChI is InChI=1S/C13H10F2N2O4/c1-7(12-3-2-4-21-12)16-13(18)8-5-10(15)11(17(19)20)6-9(8)14/h2-7H,1H3,(H,16,18). The third kappa shape index (κ3) is 3.04. The second-order valence-electron chi connectivity index (χ2n) is 4.25. The molecule has 1 heterocycles. The Morgan fingerprint density at radius 3 is 2.67 bits per heavy atom. The van der Waals surface area contributed by atoms with Crippen LogP contribution in [0.4, 0.5) is 14.5 Å². The van der Waals surface area contributed by atoms with Crippen molar-refractivity contribution in [3.05, 3.63) is 63.6 Å². The maximum absolute atomic E-state index is 13.7. The lowest BCUT2D eigenvalue weighted by Crippen LogP contribution is -2.27. The van der Waals surface area contributed by atoms with Gasteiger partial charge in [-0.15, -0.1) is 0 Å². The minimum absolute atomic E-state index is 0.377. The maximum Gasteiger partial charge on any atom is 0.307 e. The summed E-state index contributed by atoms with van der Waals surface area (Å²) in [5, 5.41) is 12.9. The van der Waals surface area contributed by atoms with Crippen LogP contribution in [-0.2, 0) is 0 Å². The monoisotopic (exact) mass is 296 g/mol. The van der Waals surface area contributed by atoms with Gasteiger partial charge in [0, 0.05) is 0 Å². The van der Waals surface area contributed by atoms with Crippen molar-refractivity contribution in [2.24, 2.45) is 0 Å². The molecule has 110 valence electrons. The topological polar surface area (TPSA) is 85.4 Å². The van der Waals surface area contributed by atoms with Crippen LogP contribution in [-0.4, -0.2) is 10.8 Å². The zero-order valence-electron chi connectivity index (χ0n) is 10.8. The molecule has 0 saturated heterocycles. The van der Waals surface area contributed by atoms with Crippen molar-refractivity contribution in [2.45, 2.75) is 13.0 Å². The molecule has 2 rings (SSSR count). The fourth-order valence-electron chi connectivity index (χ4n) is 1.73. The molecule has 0 spiro atoms. The van der Waals surface area contributed by atoms with Gasteiger partial charge in [0.15, 0.2) is 0 Å². The van der Waals surface area contributed by atoms with Crippen LogP contribution in [0.3, 0.4) is 0 Å². The van der Waals surface area contributed by atoms with E-state index in [1.165, 1.54) is 6.26 Å². The van der Waals surface area contributed by atoms with E-state index in [0.29, 0.717) is 17.9 Å². The van der Waals surface area contributed by atoms with E-state index in [0.717, 1.165) is 0 Å². The summed E-state index contributed by atoms with van der Waals surface area (Å²) in [6.07, 6.45) is 1.41. The molecule has 21 heavy (non-hydrogen) atoms. The van der Waals surface area contributed by atoms with Crippen molar-refractivity contribution in [3.63, 3.8) is 0 Å². The van der Waals surface area contributed by atoms with E-state index in [2.05, 4.69) is 5.32 Å². The highest BCUT2D eigenvalue weighted by Crippen LogP contribution is 2.22. The molecule has 1 aromatic heterocycles. The van der Waals surface area contributed by atoms with Crippen LogP contribution in [0.2, 0.25) is 0 Å². The first-order valence-corrected chi connectivity index (χ1v) is 5.88. The van der Waals surface area contributed by atoms with E-state index in [1.54, 1.807) is 19.1 Å². The molecule has 0 aliphatic carbocycles. The summed E-state index contributed by atoms with van der Waals surface area (Å²) in [5.74, 6) is -2.92. The number of hydrogen-bond donors (Lipinski definition) is 1. The van der Waals surface area contributed by atoms with Gasteiger partial charge >= 0.3 is 5.69 Å². The predicted molar refractivity (Wildman–Crippen MR) is 67.6 cm³/mol. The minimum atomic E-state index is -1.28. The highest BCUT2D eigenvalue weighted by molar-refractivity contribution is 5.95. The van der Waals surface area contributed by atoms with Crippen LogP contribution >= 0.6 is 0 Å². The predicted octanol–water partition coefficient (Wildman–Crippen LogP) is 2.96. The highest BCUT2D eigenvalue weighted by atomic mass is 19.1. The number of benzene rings is 1. The van der Waals surface area contributed by atoms with Crippen molar-refractivity contribution in [2.75, 3.05) is 0 Å². The smallest absolute Gasteiger partial charge is 0.307 e. The van der Waals surface area contributed by atoms with Crippen LogP contribution in [0.5, 0.6) is 0 Å². The van der Waals surface area contributed by atoms with Gasteiger partial charge < -0.3 is 9.73 Å². The highest BCUT2D eigenvalue weighted by Gasteiger charge is 2.23. The quantitative estimate of drug-likeness (QED) is 0.694. The number of nitro benzene ring substituents is 1. The fourth-order valence-corrected chi connectivity index (χ4v) is 1.73. The summed E-state index contributed by atoms with van der Waals surface area (Å²) >= 11 is 0. The minimum Gasteiger partial charge on any atom is -0.467 e. The molecule has 6 nitrogen and oxygen atoms in total.